The third kappa shape index (κ3) is 4.16. The molecule has 0 aliphatic rings. The van der Waals surface area contributed by atoms with E-state index in [4.69, 9.17) is 15.9 Å². The lowest BCUT2D eigenvalue weighted by Gasteiger charge is -2.04. The molecule has 7 nitrogen and oxygen atoms in total. The monoisotopic (exact) mass is 422 g/mol. The Morgan fingerprint density at radius 3 is 2.53 bits per heavy atom. The largest absolute Gasteiger partial charge is 0.465 e. The molecule has 2 aromatic carbocycles. The first-order chi connectivity index (χ1) is 14.5. The molecule has 8 heteroatoms. The smallest absolute Gasteiger partial charge is 0.338 e. The Labute approximate surface area is 176 Å². The highest BCUT2D eigenvalue weighted by atomic mass is 32.1. The molecule has 3 rings (SSSR count). The van der Waals surface area contributed by atoms with Gasteiger partial charge in [0.1, 0.15) is 0 Å². The first kappa shape index (κ1) is 21.0. The number of amides is 1. The molecular formula is C22H18N2O5S. The maximum absolute atomic E-state index is 12.8. The van der Waals surface area contributed by atoms with Crippen LogP contribution in [0.3, 0.4) is 0 Å². The molecule has 0 fully saturated rings. The molecule has 0 spiro atoms. The van der Waals surface area contributed by atoms with Gasteiger partial charge in [-0.15, -0.1) is 6.42 Å². The molecule has 30 heavy (non-hydrogen) atoms. The van der Waals surface area contributed by atoms with Crippen LogP contribution in [0, 0.1) is 12.3 Å². The first-order valence-corrected chi connectivity index (χ1v) is 9.82. The number of terminal acetylenes is 1. The molecule has 3 aromatic rings. The van der Waals surface area contributed by atoms with Crippen molar-refractivity contribution in [2.24, 2.45) is 4.99 Å². The normalized spacial score (nSPS) is 11.2. The molecule has 1 heterocycles. The summed E-state index contributed by atoms with van der Waals surface area (Å²) in [5.74, 6) is 0.890. The first-order valence-electron chi connectivity index (χ1n) is 9.00. The SMILES string of the molecule is C#CCn1c(=NC(=O)c2ccccc2C(=O)OC)sc2cc(C(=O)OCC)ccc21. The van der Waals surface area contributed by atoms with Crippen LogP contribution in [0.5, 0.6) is 0 Å². The Morgan fingerprint density at radius 1 is 1.13 bits per heavy atom. The lowest BCUT2D eigenvalue weighted by Crippen LogP contribution is -2.17. The van der Waals surface area contributed by atoms with Crippen LogP contribution in [0.1, 0.15) is 38.0 Å². The van der Waals surface area contributed by atoms with Crippen LogP contribution in [0.15, 0.2) is 47.5 Å². The summed E-state index contributed by atoms with van der Waals surface area (Å²) >= 11 is 1.21. The summed E-state index contributed by atoms with van der Waals surface area (Å²) in [6.07, 6.45) is 5.49. The zero-order chi connectivity index (χ0) is 21.7. The van der Waals surface area contributed by atoms with Crippen molar-refractivity contribution in [1.82, 2.24) is 4.57 Å². The second-order valence-corrected chi connectivity index (χ2v) is 7.04. The van der Waals surface area contributed by atoms with Crippen LogP contribution in [0.25, 0.3) is 10.2 Å². The lowest BCUT2D eigenvalue weighted by molar-refractivity contribution is 0.0525. The highest BCUT2D eigenvalue weighted by molar-refractivity contribution is 7.16. The van der Waals surface area contributed by atoms with E-state index in [2.05, 4.69) is 10.9 Å². The van der Waals surface area contributed by atoms with Gasteiger partial charge in [-0.2, -0.15) is 4.99 Å². The Morgan fingerprint density at radius 2 is 1.87 bits per heavy atom. The summed E-state index contributed by atoms with van der Waals surface area (Å²) in [6, 6.07) is 11.3. The Bertz CT molecular complexity index is 1250. The van der Waals surface area contributed by atoms with E-state index in [9.17, 15) is 14.4 Å². The summed E-state index contributed by atoms with van der Waals surface area (Å²) in [5, 5.41) is 0. The van der Waals surface area contributed by atoms with Gasteiger partial charge in [0.2, 0.25) is 0 Å². The number of hydrogen-bond donors (Lipinski definition) is 0. The number of hydrogen-bond acceptors (Lipinski definition) is 6. The van der Waals surface area contributed by atoms with E-state index >= 15 is 0 Å². The number of carbonyl (C=O) groups excluding carboxylic acids is 3. The number of rotatable bonds is 5. The van der Waals surface area contributed by atoms with Gasteiger partial charge in [-0.3, -0.25) is 4.79 Å². The summed E-state index contributed by atoms with van der Waals surface area (Å²) in [5.41, 5.74) is 1.38. The van der Waals surface area contributed by atoms with E-state index < -0.39 is 17.8 Å². The number of thiazole rings is 1. The molecule has 0 atom stereocenters. The minimum Gasteiger partial charge on any atom is -0.465 e. The fraction of sp³-hybridized carbons (Fsp3) is 0.182. The molecular weight excluding hydrogens is 404 g/mol. The number of esters is 2. The molecule has 0 unspecified atom stereocenters. The van der Waals surface area contributed by atoms with Gasteiger partial charge in [0.05, 0.1) is 47.2 Å². The minimum absolute atomic E-state index is 0.126. The molecule has 0 N–H and O–H groups in total. The average Bonchev–Trinajstić information content (AvgIpc) is 3.09. The van der Waals surface area contributed by atoms with Gasteiger partial charge in [0.25, 0.3) is 5.91 Å². The number of nitrogens with zero attached hydrogens (tertiary/aromatic N) is 2. The standard InChI is InChI=1S/C22H18N2O5S/c1-4-12-24-17-11-10-14(20(26)29-5-2)13-18(17)30-22(24)23-19(25)15-8-6-7-9-16(15)21(27)28-3/h1,6-11,13H,5,12H2,2-3H3. The van der Waals surface area contributed by atoms with Crippen LogP contribution in [-0.2, 0) is 16.0 Å². The number of ether oxygens (including phenoxy) is 2. The number of aromatic nitrogens is 1. The number of benzene rings is 2. The van der Waals surface area contributed by atoms with Crippen LogP contribution in [0.4, 0.5) is 0 Å². The van der Waals surface area contributed by atoms with Crippen molar-refractivity contribution in [3.05, 3.63) is 64.0 Å². The predicted octanol–water partition coefficient (Wildman–Crippen LogP) is 3.04. The average molecular weight is 422 g/mol. The van der Waals surface area contributed by atoms with Crippen molar-refractivity contribution in [2.75, 3.05) is 13.7 Å². The number of carbonyl (C=O) groups is 3. The lowest BCUT2D eigenvalue weighted by atomic mass is 10.1. The molecule has 0 aliphatic heterocycles. The zero-order valence-electron chi connectivity index (χ0n) is 16.4. The maximum atomic E-state index is 12.8. The van der Waals surface area contributed by atoms with Crippen LogP contribution >= 0.6 is 11.3 Å². The van der Waals surface area contributed by atoms with Crippen molar-refractivity contribution in [2.45, 2.75) is 13.5 Å². The van der Waals surface area contributed by atoms with Crippen molar-refractivity contribution >= 4 is 39.4 Å². The number of fused-ring (bicyclic) bond motifs is 1. The molecule has 0 aliphatic carbocycles. The minimum atomic E-state index is -0.624. The highest BCUT2D eigenvalue weighted by Crippen LogP contribution is 2.20. The van der Waals surface area contributed by atoms with Gasteiger partial charge in [0, 0.05) is 0 Å². The fourth-order valence-corrected chi connectivity index (χ4v) is 3.92. The van der Waals surface area contributed by atoms with Crippen LogP contribution in [-0.4, -0.2) is 36.1 Å². The van der Waals surface area contributed by atoms with Crippen molar-refractivity contribution in [3.8, 4) is 12.3 Å². The van der Waals surface area contributed by atoms with Gasteiger partial charge < -0.3 is 14.0 Å². The van der Waals surface area contributed by atoms with E-state index in [0.29, 0.717) is 10.4 Å². The van der Waals surface area contributed by atoms with Crippen LogP contribution < -0.4 is 4.80 Å². The maximum Gasteiger partial charge on any atom is 0.338 e. The van der Waals surface area contributed by atoms with Crippen molar-refractivity contribution < 1.29 is 23.9 Å². The Hall–Kier alpha value is -3.70. The van der Waals surface area contributed by atoms with E-state index in [1.54, 1.807) is 41.8 Å². The van der Waals surface area contributed by atoms with E-state index in [0.717, 1.165) is 10.2 Å². The van der Waals surface area contributed by atoms with Gasteiger partial charge >= 0.3 is 11.9 Å². The van der Waals surface area contributed by atoms with Gasteiger partial charge in [0.15, 0.2) is 4.80 Å². The van der Waals surface area contributed by atoms with Crippen molar-refractivity contribution in [1.29, 1.82) is 0 Å². The molecule has 0 radical (unpaired) electrons. The Kier molecular flexibility index (Phi) is 6.45. The summed E-state index contributed by atoms with van der Waals surface area (Å²) in [7, 11) is 1.24. The molecule has 0 bridgehead atoms. The second-order valence-electron chi connectivity index (χ2n) is 6.03. The number of methoxy groups -OCH3 is 1. The third-order valence-electron chi connectivity index (χ3n) is 4.20. The van der Waals surface area contributed by atoms with E-state index in [-0.39, 0.29) is 24.3 Å². The Balaban J connectivity index is 2.13. The predicted molar refractivity (Wildman–Crippen MR) is 112 cm³/mol. The summed E-state index contributed by atoms with van der Waals surface area (Å²) in [4.78, 5) is 41.4. The van der Waals surface area contributed by atoms with Crippen LogP contribution in [0.2, 0.25) is 0 Å². The molecule has 1 amide bonds. The quantitative estimate of drug-likeness (QED) is 0.466. The van der Waals surface area contributed by atoms with Gasteiger partial charge in [-0.05, 0) is 37.3 Å². The zero-order valence-corrected chi connectivity index (χ0v) is 17.2. The molecule has 1 aromatic heterocycles. The summed E-state index contributed by atoms with van der Waals surface area (Å²) < 4.78 is 12.2. The third-order valence-corrected chi connectivity index (χ3v) is 5.24. The topological polar surface area (TPSA) is 87.0 Å². The summed E-state index contributed by atoms with van der Waals surface area (Å²) in [6.45, 7) is 2.19. The van der Waals surface area contributed by atoms with Gasteiger partial charge in [-0.1, -0.05) is 29.4 Å². The van der Waals surface area contributed by atoms with Gasteiger partial charge in [-0.25, -0.2) is 9.59 Å². The molecule has 0 saturated carbocycles. The van der Waals surface area contributed by atoms with Crippen molar-refractivity contribution in [3.63, 3.8) is 0 Å². The molecule has 0 saturated heterocycles. The van der Waals surface area contributed by atoms with E-state index in [1.807, 2.05) is 0 Å². The molecule has 152 valence electrons. The fourth-order valence-electron chi connectivity index (χ4n) is 2.85. The van der Waals surface area contributed by atoms with E-state index in [1.165, 1.54) is 30.6 Å². The second kappa shape index (κ2) is 9.20. The highest BCUT2D eigenvalue weighted by Gasteiger charge is 2.18.